The Morgan fingerprint density at radius 2 is 1.87 bits per heavy atom. The number of aryl methyl sites for hydroxylation is 1. The number of nitrogens with one attached hydrogen (secondary N) is 1. The van der Waals surface area contributed by atoms with Crippen LogP contribution in [0, 0.1) is 18.3 Å². The summed E-state index contributed by atoms with van der Waals surface area (Å²) in [5.74, 6) is 0.506. The molecular weight excluding hydrogens is 288 g/mol. The van der Waals surface area contributed by atoms with Crippen LogP contribution in [-0.2, 0) is 0 Å². The first-order chi connectivity index (χ1) is 11.1. The van der Waals surface area contributed by atoms with Gasteiger partial charge in [0.15, 0.2) is 6.10 Å². The fourth-order valence-electron chi connectivity index (χ4n) is 2.66. The molecule has 0 radical (unpaired) electrons. The van der Waals surface area contributed by atoms with Crippen LogP contribution in [-0.4, -0.2) is 16.9 Å². The summed E-state index contributed by atoms with van der Waals surface area (Å²) in [6.07, 6.45) is -0.610. The van der Waals surface area contributed by atoms with Crippen molar-refractivity contribution in [2.75, 3.05) is 0 Å². The first-order valence-electron chi connectivity index (χ1n) is 7.38. The maximum atomic E-state index is 12.8. The summed E-state index contributed by atoms with van der Waals surface area (Å²) < 4.78 is 5.73. The monoisotopic (exact) mass is 304 g/mol. The summed E-state index contributed by atoms with van der Waals surface area (Å²) in [5, 5.41) is 9.71. The Labute approximate surface area is 134 Å². The molecule has 0 saturated heterocycles. The highest BCUT2D eigenvalue weighted by Gasteiger charge is 2.22. The summed E-state index contributed by atoms with van der Waals surface area (Å²) in [6.45, 7) is 3.63. The van der Waals surface area contributed by atoms with Crippen LogP contribution in [0.2, 0.25) is 0 Å². The van der Waals surface area contributed by atoms with Gasteiger partial charge in [-0.2, -0.15) is 5.26 Å². The van der Waals surface area contributed by atoms with E-state index in [2.05, 4.69) is 11.1 Å². The summed E-state index contributed by atoms with van der Waals surface area (Å²) in [4.78, 5) is 16.0. The molecular formula is C19H16N2O2. The number of carbonyl (C=O) groups is 1. The number of ketones is 1. The Bertz CT molecular complexity index is 901. The molecule has 114 valence electrons. The first-order valence-corrected chi connectivity index (χ1v) is 7.38. The Balaban J connectivity index is 1.86. The molecule has 4 nitrogen and oxygen atoms in total. The number of hydrogen-bond donors (Lipinski definition) is 1. The molecule has 23 heavy (non-hydrogen) atoms. The van der Waals surface area contributed by atoms with Gasteiger partial charge in [-0.05, 0) is 44.2 Å². The smallest absolute Gasteiger partial charge is 0.205 e. The molecule has 1 atom stereocenters. The predicted octanol–water partition coefficient (Wildman–Crippen LogP) is 4.00. The van der Waals surface area contributed by atoms with E-state index < -0.39 is 6.10 Å². The molecule has 1 heterocycles. The number of nitrogens with zero attached hydrogens (tertiary/aromatic N) is 1. The lowest BCUT2D eigenvalue weighted by Gasteiger charge is -2.14. The van der Waals surface area contributed by atoms with Gasteiger partial charge in [0.1, 0.15) is 5.75 Å². The van der Waals surface area contributed by atoms with Gasteiger partial charge in [0, 0.05) is 22.2 Å². The SMILES string of the molecule is Cc1[nH]c2ccccc2c1C(=O)[C@@H](C)Oc1ccc(C#N)cc1. The van der Waals surface area contributed by atoms with E-state index >= 15 is 0 Å². The second-order valence-corrected chi connectivity index (χ2v) is 5.43. The average molecular weight is 304 g/mol. The van der Waals surface area contributed by atoms with Gasteiger partial charge in [-0.25, -0.2) is 0 Å². The van der Waals surface area contributed by atoms with E-state index in [1.807, 2.05) is 31.2 Å². The number of para-hydroxylation sites is 1. The highest BCUT2D eigenvalue weighted by Crippen LogP contribution is 2.24. The third-order valence-electron chi connectivity index (χ3n) is 3.81. The lowest BCUT2D eigenvalue weighted by molar-refractivity contribution is 0.0819. The van der Waals surface area contributed by atoms with Gasteiger partial charge in [0.2, 0.25) is 5.78 Å². The third kappa shape index (κ3) is 2.82. The maximum absolute atomic E-state index is 12.8. The summed E-state index contributed by atoms with van der Waals surface area (Å²) in [6, 6.07) is 16.5. The number of ether oxygens (including phenoxy) is 1. The van der Waals surface area contributed by atoms with E-state index in [-0.39, 0.29) is 5.78 Å². The van der Waals surface area contributed by atoms with Gasteiger partial charge in [-0.15, -0.1) is 0 Å². The lowest BCUT2D eigenvalue weighted by Crippen LogP contribution is -2.24. The van der Waals surface area contributed by atoms with Crippen LogP contribution in [0.3, 0.4) is 0 Å². The Morgan fingerprint density at radius 3 is 2.57 bits per heavy atom. The highest BCUT2D eigenvalue weighted by atomic mass is 16.5. The summed E-state index contributed by atoms with van der Waals surface area (Å²) in [7, 11) is 0. The fraction of sp³-hybridized carbons (Fsp3) is 0.158. The molecule has 0 amide bonds. The molecule has 3 rings (SSSR count). The molecule has 0 unspecified atom stereocenters. The average Bonchev–Trinajstić information content (AvgIpc) is 2.90. The van der Waals surface area contributed by atoms with Crippen molar-refractivity contribution >= 4 is 16.7 Å². The van der Waals surface area contributed by atoms with Crippen molar-refractivity contribution in [3.05, 3.63) is 65.4 Å². The van der Waals surface area contributed by atoms with Crippen LogP contribution in [0.15, 0.2) is 48.5 Å². The molecule has 0 aliphatic heterocycles. The molecule has 0 spiro atoms. The molecule has 0 bridgehead atoms. The van der Waals surface area contributed by atoms with Crippen LogP contribution in [0.25, 0.3) is 10.9 Å². The molecule has 0 aliphatic carbocycles. The third-order valence-corrected chi connectivity index (χ3v) is 3.81. The van der Waals surface area contributed by atoms with Gasteiger partial charge >= 0.3 is 0 Å². The molecule has 4 heteroatoms. The zero-order valence-electron chi connectivity index (χ0n) is 13.0. The van der Waals surface area contributed by atoms with Crippen LogP contribution in [0.1, 0.15) is 28.5 Å². The molecule has 0 aliphatic rings. The summed E-state index contributed by atoms with van der Waals surface area (Å²) in [5.41, 5.74) is 3.01. The van der Waals surface area contributed by atoms with Gasteiger partial charge < -0.3 is 9.72 Å². The standard InChI is InChI=1S/C19H16N2O2/c1-12-18(16-5-3-4-6-17(16)21-12)19(22)13(2)23-15-9-7-14(11-20)8-10-15/h3-10,13,21H,1-2H3/t13-/m1/s1. The highest BCUT2D eigenvalue weighted by molar-refractivity contribution is 6.11. The van der Waals surface area contributed by atoms with Gasteiger partial charge in [-0.1, -0.05) is 18.2 Å². The molecule has 3 aromatic rings. The zero-order valence-corrected chi connectivity index (χ0v) is 13.0. The number of benzene rings is 2. The van der Waals surface area contributed by atoms with E-state index in [1.54, 1.807) is 31.2 Å². The molecule has 1 aromatic heterocycles. The van der Waals surface area contributed by atoms with Crippen LogP contribution < -0.4 is 4.74 Å². The fourth-order valence-corrected chi connectivity index (χ4v) is 2.66. The van der Waals surface area contributed by atoms with Crippen LogP contribution in [0.4, 0.5) is 0 Å². The topological polar surface area (TPSA) is 65.9 Å². The van der Waals surface area contributed by atoms with Crippen molar-refractivity contribution < 1.29 is 9.53 Å². The van der Waals surface area contributed by atoms with Crippen molar-refractivity contribution in [3.8, 4) is 11.8 Å². The Morgan fingerprint density at radius 1 is 1.17 bits per heavy atom. The number of Topliss-reactive ketones (excluding diaryl/α,β-unsaturated/α-hetero) is 1. The van der Waals surface area contributed by atoms with E-state index in [1.165, 1.54) is 0 Å². The van der Waals surface area contributed by atoms with E-state index in [4.69, 9.17) is 10.00 Å². The molecule has 1 N–H and O–H groups in total. The molecule has 2 aromatic carbocycles. The van der Waals surface area contributed by atoms with Crippen molar-refractivity contribution in [1.82, 2.24) is 4.98 Å². The predicted molar refractivity (Wildman–Crippen MR) is 88.6 cm³/mol. The Hall–Kier alpha value is -3.06. The second-order valence-electron chi connectivity index (χ2n) is 5.43. The zero-order chi connectivity index (χ0) is 16.4. The van der Waals surface area contributed by atoms with E-state index in [0.717, 1.165) is 16.6 Å². The van der Waals surface area contributed by atoms with Gasteiger partial charge in [0.05, 0.1) is 11.6 Å². The normalized spacial score (nSPS) is 11.9. The van der Waals surface area contributed by atoms with Crippen LogP contribution >= 0.6 is 0 Å². The van der Waals surface area contributed by atoms with Gasteiger partial charge in [-0.3, -0.25) is 4.79 Å². The maximum Gasteiger partial charge on any atom is 0.205 e. The molecule has 0 saturated carbocycles. The largest absolute Gasteiger partial charge is 0.483 e. The number of nitriles is 1. The van der Waals surface area contributed by atoms with Crippen molar-refractivity contribution in [2.24, 2.45) is 0 Å². The quantitative estimate of drug-likeness (QED) is 0.741. The minimum absolute atomic E-state index is 0.0655. The number of aromatic amines is 1. The number of H-pyrrole nitrogens is 1. The number of hydrogen-bond acceptors (Lipinski definition) is 3. The van der Waals surface area contributed by atoms with Gasteiger partial charge in [0.25, 0.3) is 0 Å². The minimum atomic E-state index is -0.610. The number of carbonyl (C=O) groups excluding carboxylic acids is 1. The number of fused-ring (bicyclic) bond motifs is 1. The van der Waals surface area contributed by atoms with E-state index in [0.29, 0.717) is 16.9 Å². The number of rotatable bonds is 4. The van der Waals surface area contributed by atoms with Crippen molar-refractivity contribution in [3.63, 3.8) is 0 Å². The van der Waals surface area contributed by atoms with Crippen molar-refractivity contribution in [1.29, 1.82) is 5.26 Å². The van der Waals surface area contributed by atoms with E-state index in [9.17, 15) is 4.79 Å². The number of aromatic nitrogens is 1. The second kappa shape index (κ2) is 5.98. The Kier molecular flexibility index (Phi) is 3.86. The molecule has 0 fully saturated rings. The lowest BCUT2D eigenvalue weighted by atomic mass is 10.0. The van der Waals surface area contributed by atoms with Crippen LogP contribution in [0.5, 0.6) is 5.75 Å². The van der Waals surface area contributed by atoms with Crippen molar-refractivity contribution in [2.45, 2.75) is 20.0 Å². The minimum Gasteiger partial charge on any atom is -0.483 e. The summed E-state index contributed by atoms with van der Waals surface area (Å²) >= 11 is 0. The first kappa shape index (κ1) is 14.9.